The third-order valence-corrected chi connectivity index (χ3v) is 2.44. The molecule has 0 saturated carbocycles. The highest BCUT2D eigenvalue weighted by molar-refractivity contribution is 6.30. The van der Waals surface area contributed by atoms with Gasteiger partial charge in [0.25, 0.3) is 0 Å². The highest BCUT2D eigenvalue weighted by Gasteiger charge is 2.12. The molecular weight excluding hydrogens is 170 g/mol. The third kappa shape index (κ3) is 1.15. The highest BCUT2D eigenvalue weighted by atomic mass is 35.5. The maximum atomic E-state index is 5.88. The standard InChI is InChI=1S/C10H10ClN/c11-9-4-3-7-1-2-8(6-12)10(7)5-9/h2-5H,1,6,12H2. The highest BCUT2D eigenvalue weighted by Crippen LogP contribution is 2.28. The summed E-state index contributed by atoms with van der Waals surface area (Å²) in [6.07, 6.45) is 3.17. The second-order valence-electron chi connectivity index (χ2n) is 2.94. The lowest BCUT2D eigenvalue weighted by atomic mass is 10.1. The maximum absolute atomic E-state index is 5.88. The monoisotopic (exact) mass is 179 g/mol. The zero-order valence-electron chi connectivity index (χ0n) is 6.68. The van der Waals surface area contributed by atoms with E-state index in [-0.39, 0.29) is 0 Å². The molecule has 12 heavy (non-hydrogen) atoms. The summed E-state index contributed by atoms with van der Waals surface area (Å²) in [4.78, 5) is 0. The molecule has 1 aromatic carbocycles. The van der Waals surface area contributed by atoms with Gasteiger partial charge in [-0.25, -0.2) is 0 Å². The van der Waals surface area contributed by atoms with Crippen molar-refractivity contribution < 1.29 is 0 Å². The van der Waals surface area contributed by atoms with E-state index < -0.39 is 0 Å². The van der Waals surface area contributed by atoms with E-state index in [9.17, 15) is 0 Å². The van der Waals surface area contributed by atoms with Crippen LogP contribution in [0.3, 0.4) is 0 Å². The molecule has 2 rings (SSSR count). The number of hydrogen-bond acceptors (Lipinski definition) is 1. The van der Waals surface area contributed by atoms with Crippen LogP contribution in [0.25, 0.3) is 5.57 Å². The van der Waals surface area contributed by atoms with Crippen LogP contribution in [0.5, 0.6) is 0 Å². The SMILES string of the molecule is NCC1=CCc2ccc(Cl)cc21. The lowest BCUT2D eigenvalue weighted by molar-refractivity contribution is 1.27. The van der Waals surface area contributed by atoms with Crippen LogP contribution < -0.4 is 5.73 Å². The Morgan fingerprint density at radius 1 is 1.42 bits per heavy atom. The Bertz CT molecular complexity index is 342. The first-order valence-corrected chi connectivity index (χ1v) is 4.37. The van der Waals surface area contributed by atoms with E-state index >= 15 is 0 Å². The minimum atomic E-state index is 0.605. The molecule has 0 spiro atoms. The van der Waals surface area contributed by atoms with Gasteiger partial charge in [-0.05, 0) is 35.3 Å². The number of benzene rings is 1. The Morgan fingerprint density at radius 3 is 3.00 bits per heavy atom. The van der Waals surface area contributed by atoms with Crippen LogP contribution in [-0.4, -0.2) is 6.54 Å². The van der Waals surface area contributed by atoms with E-state index in [2.05, 4.69) is 12.1 Å². The Balaban J connectivity index is 2.50. The van der Waals surface area contributed by atoms with Crippen molar-refractivity contribution in [1.29, 1.82) is 0 Å². The van der Waals surface area contributed by atoms with Crippen LogP contribution in [0.15, 0.2) is 24.3 Å². The summed E-state index contributed by atoms with van der Waals surface area (Å²) in [6, 6.07) is 5.98. The first-order chi connectivity index (χ1) is 5.81. The molecular formula is C10H10ClN. The predicted octanol–water partition coefficient (Wildman–Crippen LogP) is 2.24. The Kier molecular flexibility index (Phi) is 1.91. The molecule has 0 saturated heterocycles. The molecule has 1 aliphatic carbocycles. The molecule has 0 aromatic heterocycles. The van der Waals surface area contributed by atoms with Gasteiger partial charge in [-0.1, -0.05) is 23.7 Å². The first-order valence-electron chi connectivity index (χ1n) is 3.99. The topological polar surface area (TPSA) is 26.0 Å². The van der Waals surface area contributed by atoms with Crippen molar-refractivity contribution in [1.82, 2.24) is 0 Å². The number of rotatable bonds is 1. The largest absolute Gasteiger partial charge is 0.326 e. The van der Waals surface area contributed by atoms with E-state index in [0.717, 1.165) is 11.4 Å². The summed E-state index contributed by atoms with van der Waals surface area (Å²) in [7, 11) is 0. The van der Waals surface area contributed by atoms with Crippen molar-refractivity contribution >= 4 is 17.2 Å². The van der Waals surface area contributed by atoms with Crippen molar-refractivity contribution in [3.05, 3.63) is 40.4 Å². The van der Waals surface area contributed by atoms with E-state index in [0.29, 0.717) is 6.54 Å². The van der Waals surface area contributed by atoms with Crippen LogP contribution in [0.4, 0.5) is 0 Å². The molecule has 0 radical (unpaired) electrons. The van der Waals surface area contributed by atoms with Crippen molar-refractivity contribution in [2.75, 3.05) is 6.54 Å². The fourth-order valence-electron chi connectivity index (χ4n) is 1.56. The third-order valence-electron chi connectivity index (χ3n) is 2.21. The van der Waals surface area contributed by atoms with Crippen molar-refractivity contribution in [3.63, 3.8) is 0 Å². The minimum Gasteiger partial charge on any atom is -0.326 e. The minimum absolute atomic E-state index is 0.605. The van der Waals surface area contributed by atoms with Crippen LogP contribution in [0, 0.1) is 0 Å². The molecule has 0 unspecified atom stereocenters. The molecule has 0 fully saturated rings. The van der Waals surface area contributed by atoms with Gasteiger partial charge in [0, 0.05) is 11.6 Å². The van der Waals surface area contributed by atoms with Gasteiger partial charge in [-0.15, -0.1) is 0 Å². The first kappa shape index (κ1) is 7.84. The summed E-state index contributed by atoms with van der Waals surface area (Å²) in [5.74, 6) is 0. The van der Waals surface area contributed by atoms with Gasteiger partial charge in [0.2, 0.25) is 0 Å². The Hall–Kier alpha value is -0.790. The molecule has 62 valence electrons. The zero-order chi connectivity index (χ0) is 8.55. The van der Waals surface area contributed by atoms with Gasteiger partial charge < -0.3 is 5.73 Å². The molecule has 2 heteroatoms. The van der Waals surface area contributed by atoms with E-state index in [1.54, 1.807) is 0 Å². The van der Waals surface area contributed by atoms with E-state index in [4.69, 9.17) is 17.3 Å². The van der Waals surface area contributed by atoms with Gasteiger partial charge in [0.15, 0.2) is 0 Å². The normalized spacial score (nSPS) is 14.3. The van der Waals surface area contributed by atoms with Gasteiger partial charge in [-0.3, -0.25) is 0 Å². The second kappa shape index (κ2) is 2.92. The summed E-state index contributed by atoms with van der Waals surface area (Å²) >= 11 is 5.88. The Morgan fingerprint density at radius 2 is 2.25 bits per heavy atom. The molecule has 0 amide bonds. The van der Waals surface area contributed by atoms with Gasteiger partial charge in [0.05, 0.1) is 0 Å². The lowest BCUT2D eigenvalue weighted by Gasteiger charge is -2.02. The summed E-state index contributed by atoms with van der Waals surface area (Å²) in [5, 5.41) is 0.787. The summed E-state index contributed by atoms with van der Waals surface area (Å²) in [6.45, 7) is 0.605. The molecule has 0 heterocycles. The summed E-state index contributed by atoms with van der Waals surface area (Å²) < 4.78 is 0. The fraction of sp³-hybridized carbons (Fsp3) is 0.200. The predicted molar refractivity (Wildman–Crippen MR) is 52.2 cm³/mol. The average molecular weight is 180 g/mol. The molecule has 2 N–H and O–H groups in total. The second-order valence-corrected chi connectivity index (χ2v) is 3.38. The number of halogens is 1. The van der Waals surface area contributed by atoms with Crippen molar-refractivity contribution in [2.45, 2.75) is 6.42 Å². The maximum Gasteiger partial charge on any atom is 0.0412 e. The van der Waals surface area contributed by atoms with E-state index in [1.165, 1.54) is 16.7 Å². The molecule has 1 aliphatic rings. The average Bonchev–Trinajstić information content (AvgIpc) is 2.46. The zero-order valence-corrected chi connectivity index (χ0v) is 7.43. The van der Waals surface area contributed by atoms with Crippen LogP contribution in [0.1, 0.15) is 11.1 Å². The van der Waals surface area contributed by atoms with Crippen LogP contribution in [-0.2, 0) is 6.42 Å². The molecule has 0 aliphatic heterocycles. The molecule has 1 aromatic rings. The van der Waals surface area contributed by atoms with Crippen LogP contribution >= 0.6 is 11.6 Å². The number of nitrogens with two attached hydrogens (primary N) is 1. The van der Waals surface area contributed by atoms with Gasteiger partial charge in [-0.2, -0.15) is 0 Å². The number of hydrogen-bond donors (Lipinski definition) is 1. The number of fused-ring (bicyclic) bond motifs is 1. The summed E-state index contributed by atoms with van der Waals surface area (Å²) in [5.41, 5.74) is 9.36. The molecule has 1 nitrogen and oxygen atoms in total. The number of allylic oxidation sites excluding steroid dienone is 1. The van der Waals surface area contributed by atoms with Crippen LogP contribution in [0.2, 0.25) is 5.02 Å². The fourth-order valence-corrected chi connectivity index (χ4v) is 1.73. The smallest absolute Gasteiger partial charge is 0.0412 e. The quantitative estimate of drug-likeness (QED) is 0.703. The Labute approximate surface area is 76.8 Å². The van der Waals surface area contributed by atoms with Crippen molar-refractivity contribution in [3.8, 4) is 0 Å². The van der Waals surface area contributed by atoms with E-state index in [1.807, 2.05) is 12.1 Å². The van der Waals surface area contributed by atoms with Crippen molar-refractivity contribution in [2.24, 2.45) is 5.73 Å². The van der Waals surface area contributed by atoms with Gasteiger partial charge >= 0.3 is 0 Å². The molecule has 0 bridgehead atoms. The molecule has 0 atom stereocenters. The lowest BCUT2D eigenvalue weighted by Crippen LogP contribution is -2.00. The van der Waals surface area contributed by atoms with Gasteiger partial charge in [0.1, 0.15) is 0 Å².